The first-order valence-corrected chi connectivity index (χ1v) is 10.2. The number of hydrogen-bond acceptors (Lipinski definition) is 6. The molecule has 2 aromatic carbocycles. The van der Waals surface area contributed by atoms with E-state index in [0.717, 1.165) is 12.1 Å². The maximum atomic E-state index is 13.1. The van der Waals surface area contributed by atoms with E-state index in [2.05, 4.69) is 15.3 Å². The van der Waals surface area contributed by atoms with E-state index < -0.39 is 11.7 Å². The third kappa shape index (κ3) is 5.06. The molecule has 0 unspecified atom stereocenters. The summed E-state index contributed by atoms with van der Waals surface area (Å²) in [6, 6.07) is 8.29. The number of amides is 1. The Morgan fingerprint density at radius 2 is 2.06 bits per heavy atom. The first-order chi connectivity index (χ1) is 15.7. The van der Waals surface area contributed by atoms with Gasteiger partial charge in [-0.25, -0.2) is 9.97 Å². The van der Waals surface area contributed by atoms with E-state index in [9.17, 15) is 18.0 Å². The molecule has 172 valence electrons. The number of carbonyl (C=O) groups excluding carboxylic acids is 1. The summed E-state index contributed by atoms with van der Waals surface area (Å²) < 4.78 is 45.0. The lowest BCUT2D eigenvalue weighted by molar-refractivity contribution is -0.137. The zero-order valence-corrected chi connectivity index (χ0v) is 18.1. The van der Waals surface area contributed by atoms with Crippen molar-refractivity contribution in [2.24, 2.45) is 0 Å². The van der Waals surface area contributed by atoms with E-state index in [-0.39, 0.29) is 11.6 Å². The summed E-state index contributed by atoms with van der Waals surface area (Å²) in [7, 11) is 3.81. The van der Waals surface area contributed by atoms with Crippen molar-refractivity contribution in [2.45, 2.75) is 6.18 Å². The Morgan fingerprint density at radius 1 is 1.24 bits per heavy atom. The normalized spacial score (nSPS) is 13.9. The summed E-state index contributed by atoms with van der Waals surface area (Å²) in [5.74, 6) is 0.639. The van der Waals surface area contributed by atoms with Gasteiger partial charge in [-0.2, -0.15) is 13.2 Å². The largest absolute Gasteiger partial charge is 0.489 e. The first kappa shape index (κ1) is 22.5. The predicted molar refractivity (Wildman–Crippen MR) is 120 cm³/mol. The lowest BCUT2D eigenvalue weighted by Gasteiger charge is -2.29. The molecule has 0 spiro atoms. The van der Waals surface area contributed by atoms with Crippen LogP contribution >= 0.6 is 0 Å². The van der Waals surface area contributed by atoms with Crippen LogP contribution in [-0.4, -0.2) is 54.6 Å². The van der Waals surface area contributed by atoms with Gasteiger partial charge < -0.3 is 19.9 Å². The number of anilines is 3. The van der Waals surface area contributed by atoms with Crippen LogP contribution in [0.2, 0.25) is 0 Å². The molecule has 0 radical (unpaired) electrons. The Balaban J connectivity index is 1.70. The lowest BCUT2D eigenvalue weighted by Crippen LogP contribution is -2.37. The predicted octanol–water partition coefficient (Wildman–Crippen LogP) is 4.24. The second kappa shape index (κ2) is 9.07. The molecular formula is C23H22F3N5O2. The van der Waals surface area contributed by atoms with Gasteiger partial charge in [-0.1, -0.05) is 12.1 Å². The number of rotatable bonds is 5. The van der Waals surface area contributed by atoms with E-state index in [1.807, 2.05) is 19.0 Å². The van der Waals surface area contributed by atoms with Crippen LogP contribution in [0.5, 0.6) is 5.75 Å². The van der Waals surface area contributed by atoms with Crippen molar-refractivity contribution in [1.29, 1.82) is 0 Å². The molecule has 7 nitrogen and oxygen atoms in total. The number of aromatic nitrogens is 2. The summed E-state index contributed by atoms with van der Waals surface area (Å²) >= 11 is 0. The molecule has 0 aliphatic carbocycles. The number of alkyl halides is 3. The minimum atomic E-state index is -4.46. The van der Waals surface area contributed by atoms with Gasteiger partial charge in [-0.05, 0) is 38.4 Å². The van der Waals surface area contributed by atoms with Crippen molar-refractivity contribution in [3.8, 4) is 5.75 Å². The molecule has 1 aliphatic heterocycles. The molecule has 0 bridgehead atoms. The lowest BCUT2D eigenvalue weighted by atomic mass is 10.1. The maximum Gasteiger partial charge on any atom is 0.416 e. The van der Waals surface area contributed by atoms with E-state index in [1.54, 1.807) is 23.1 Å². The van der Waals surface area contributed by atoms with Crippen molar-refractivity contribution < 1.29 is 22.7 Å². The molecule has 4 rings (SSSR count). The molecule has 10 heteroatoms. The van der Waals surface area contributed by atoms with E-state index in [0.29, 0.717) is 47.9 Å². The fourth-order valence-corrected chi connectivity index (χ4v) is 3.46. The summed E-state index contributed by atoms with van der Waals surface area (Å²) in [5, 5.41) is 3.49. The molecule has 2 heterocycles. The molecule has 1 aromatic heterocycles. The zero-order chi connectivity index (χ0) is 23.6. The maximum absolute atomic E-state index is 13.1. The minimum Gasteiger partial charge on any atom is -0.489 e. The average molecular weight is 457 g/mol. The highest BCUT2D eigenvalue weighted by molar-refractivity contribution is 6.05. The van der Waals surface area contributed by atoms with E-state index in [1.165, 1.54) is 24.5 Å². The zero-order valence-electron chi connectivity index (χ0n) is 18.1. The van der Waals surface area contributed by atoms with Gasteiger partial charge in [0, 0.05) is 29.8 Å². The molecule has 0 atom stereocenters. The van der Waals surface area contributed by atoms with Gasteiger partial charge in [-0.3, -0.25) is 4.79 Å². The molecular weight excluding hydrogens is 435 g/mol. The number of likely N-dealkylation sites (N-methyl/N-ethyl adjacent to an activating group) is 1. The van der Waals surface area contributed by atoms with Crippen LogP contribution in [0, 0.1) is 0 Å². The fraction of sp³-hybridized carbons (Fsp3) is 0.261. The standard InChI is InChI=1S/C23H22F3N5O2/c1-30(2)8-4-7-21(32)31-9-10-33-20-13-18-17(12-19(20)31)22(28-14-27-18)29-16-6-3-5-15(11-16)23(24,25)26/h3-7,11-14H,8-10H2,1-2H3,(H,27,28,29)/b7-4+. The van der Waals surface area contributed by atoms with Gasteiger partial charge in [0.25, 0.3) is 5.91 Å². The second-order valence-electron chi connectivity index (χ2n) is 7.77. The summed E-state index contributed by atoms with van der Waals surface area (Å²) in [6.07, 6.45) is 0.161. The van der Waals surface area contributed by atoms with Crippen LogP contribution in [0.4, 0.5) is 30.4 Å². The van der Waals surface area contributed by atoms with Crippen molar-refractivity contribution >= 4 is 34.0 Å². The summed E-state index contributed by atoms with van der Waals surface area (Å²) in [6.45, 7) is 1.33. The van der Waals surface area contributed by atoms with Crippen molar-refractivity contribution in [3.05, 3.63) is 60.4 Å². The Hall–Kier alpha value is -3.66. The number of ether oxygens (including phenoxy) is 1. The molecule has 0 saturated heterocycles. The number of benzene rings is 2. The van der Waals surface area contributed by atoms with Crippen LogP contribution in [0.25, 0.3) is 10.9 Å². The second-order valence-corrected chi connectivity index (χ2v) is 7.77. The van der Waals surface area contributed by atoms with Crippen LogP contribution < -0.4 is 15.0 Å². The van der Waals surface area contributed by atoms with E-state index in [4.69, 9.17) is 4.74 Å². The quantitative estimate of drug-likeness (QED) is 0.578. The monoisotopic (exact) mass is 457 g/mol. The van der Waals surface area contributed by atoms with Crippen LogP contribution in [-0.2, 0) is 11.0 Å². The van der Waals surface area contributed by atoms with Gasteiger partial charge in [0.15, 0.2) is 0 Å². The number of hydrogen-bond donors (Lipinski definition) is 1. The fourth-order valence-electron chi connectivity index (χ4n) is 3.46. The van der Waals surface area contributed by atoms with Gasteiger partial charge >= 0.3 is 6.18 Å². The van der Waals surface area contributed by atoms with E-state index >= 15 is 0 Å². The first-order valence-electron chi connectivity index (χ1n) is 10.2. The van der Waals surface area contributed by atoms with Gasteiger partial charge in [0.05, 0.1) is 23.3 Å². The summed E-state index contributed by atoms with van der Waals surface area (Å²) in [4.78, 5) is 24.8. The van der Waals surface area contributed by atoms with Crippen molar-refractivity contribution in [2.75, 3.05) is 44.0 Å². The highest BCUT2D eigenvalue weighted by Gasteiger charge is 2.30. The number of fused-ring (bicyclic) bond motifs is 2. The van der Waals surface area contributed by atoms with Crippen LogP contribution in [0.15, 0.2) is 54.9 Å². The third-order valence-corrected chi connectivity index (χ3v) is 5.03. The van der Waals surface area contributed by atoms with Crippen LogP contribution in [0.3, 0.4) is 0 Å². The Labute approximate surface area is 188 Å². The summed E-state index contributed by atoms with van der Waals surface area (Å²) in [5.41, 5.74) is 0.557. The van der Waals surface area contributed by atoms with Gasteiger partial charge in [-0.15, -0.1) is 0 Å². The molecule has 1 aliphatic rings. The molecule has 33 heavy (non-hydrogen) atoms. The van der Waals surface area contributed by atoms with Crippen molar-refractivity contribution in [1.82, 2.24) is 14.9 Å². The SMILES string of the molecule is CN(C)C/C=C/C(=O)N1CCOc2cc3ncnc(Nc4cccc(C(F)(F)F)c4)c3cc21. The highest BCUT2D eigenvalue weighted by Crippen LogP contribution is 2.38. The molecule has 1 amide bonds. The number of nitrogens with one attached hydrogen (secondary N) is 1. The molecule has 0 fully saturated rings. The van der Waals surface area contributed by atoms with Crippen molar-refractivity contribution in [3.63, 3.8) is 0 Å². The molecule has 1 N–H and O–H groups in total. The molecule has 3 aromatic rings. The Morgan fingerprint density at radius 3 is 2.82 bits per heavy atom. The van der Waals surface area contributed by atoms with Crippen LogP contribution in [0.1, 0.15) is 5.56 Å². The minimum absolute atomic E-state index is 0.190. The number of halogens is 3. The third-order valence-electron chi connectivity index (χ3n) is 5.03. The highest BCUT2D eigenvalue weighted by atomic mass is 19.4. The smallest absolute Gasteiger partial charge is 0.416 e. The number of carbonyl (C=O) groups is 1. The van der Waals surface area contributed by atoms with Gasteiger partial charge in [0.1, 0.15) is 24.5 Å². The Bertz CT molecular complexity index is 1210. The van der Waals surface area contributed by atoms with Gasteiger partial charge in [0.2, 0.25) is 0 Å². The number of nitrogens with zero attached hydrogens (tertiary/aromatic N) is 4. The average Bonchev–Trinajstić information content (AvgIpc) is 2.77. The Kier molecular flexibility index (Phi) is 6.19. The topological polar surface area (TPSA) is 70.6 Å². The molecule has 0 saturated carbocycles.